The van der Waals surface area contributed by atoms with E-state index in [0.29, 0.717) is 23.0 Å². The predicted molar refractivity (Wildman–Crippen MR) is 320 cm³/mol. The smallest absolute Gasteiger partial charge is 0.168 e. The largest absolute Gasteiger partial charge is 0.388 e. The molecule has 0 saturated heterocycles. The maximum atomic E-state index is 13.3. The number of carbonyl (C=O) groups is 1. The van der Waals surface area contributed by atoms with Gasteiger partial charge in [0.05, 0.1) is 11.8 Å². The number of aromatic nitrogens is 4. The normalized spacial score (nSPS) is 12.0. The molecule has 0 fully saturated rings. The number of pyridine rings is 1. The minimum Gasteiger partial charge on any atom is -0.388 e. The van der Waals surface area contributed by atoms with Crippen molar-refractivity contribution in [1.82, 2.24) is 19.9 Å². The average molecular weight is 1010 g/mol. The van der Waals surface area contributed by atoms with Gasteiger partial charge < -0.3 is 5.11 Å². The third-order valence-electron chi connectivity index (χ3n) is 14.4. The van der Waals surface area contributed by atoms with Crippen LogP contribution in [0.4, 0.5) is 0 Å². The van der Waals surface area contributed by atoms with Gasteiger partial charge in [-0.1, -0.05) is 248 Å². The fraction of sp³-hybridized carbons (Fsp3) is 0.125. The summed E-state index contributed by atoms with van der Waals surface area (Å²) < 4.78 is 0. The van der Waals surface area contributed by atoms with Crippen molar-refractivity contribution in [3.8, 4) is 112 Å². The number of aliphatic hydroxyl groups is 1. The molecule has 0 saturated carbocycles. The Morgan fingerprint density at radius 3 is 1.06 bits per heavy atom. The lowest BCUT2D eigenvalue weighted by molar-refractivity contribution is 0.0627. The van der Waals surface area contributed by atoms with Gasteiger partial charge in [-0.05, 0) is 108 Å². The third-order valence-corrected chi connectivity index (χ3v) is 14.4. The summed E-state index contributed by atoms with van der Waals surface area (Å²) in [6.07, 6.45) is 1.25. The summed E-state index contributed by atoms with van der Waals surface area (Å²) in [5.74, 6) is 1.88. The van der Waals surface area contributed by atoms with E-state index in [2.05, 4.69) is 160 Å². The molecule has 0 aliphatic rings. The molecule has 0 amide bonds. The van der Waals surface area contributed by atoms with E-state index in [9.17, 15) is 9.90 Å². The first-order valence-electron chi connectivity index (χ1n) is 26.6. The minimum absolute atomic E-state index is 0.116. The summed E-state index contributed by atoms with van der Waals surface area (Å²) in [6.45, 7) is 12.0. The van der Waals surface area contributed by atoms with E-state index in [-0.39, 0.29) is 11.2 Å². The fourth-order valence-electron chi connectivity index (χ4n) is 10.1. The molecule has 6 heteroatoms. The molecule has 0 bridgehead atoms. The molecular formula is C72H60N4O2. The summed E-state index contributed by atoms with van der Waals surface area (Å²) in [6, 6.07) is 81.7. The first kappa shape index (κ1) is 50.9. The Balaban J connectivity index is 0.971. The molecule has 9 aromatic carbocycles. The van der Waals surface area contributed by atoms with Gasteiger partial charge in [-0.25, -0.2) is 15.0 Å². The van der Waals surface area contributed by atoms with Crippen LogP contribution in [0.1, 0.15) is 63.6 Å². The van der Waals surface area contributed by atoms with Gasteiger partial charge in [-0.2, -0.15) is 0 Å². The minimum atomic E-state index is -0.589. The van der Waals surface area contributed by atoms with Gasteiger partial charge in [0.2, 0.25) is 0 Å². The van der Waals surface area contributed by atoms with E-state index in [4.69, 9.17) is 19.9 Å². The van der Waals surface area contributed by atoms with Crippen molar-refractivity contribution in [2.24, 2.45) is 10.8 Å². The van der Waals surface area contributed by atoms with E-state index in [1.54, 1.807) is 0 Å². The average Bonchev–Trinajstić information content (AvgIpc) is 3.59. The Morgan fingerprint density at radius 2 is 0.692 bits per heavy atom. The second-order valence-electron chi connectivity index (χ2n) is 22.0. The summed E-state index contributed by atoms with van der Waals surface area (Å²) in [5, 5.41) is 11.2. The SMILES string of the molecule is CC(C)(C)C(=O)c1ccc(-c2ccccc2-c2cc(-c3ccccc3-c3ccc(-c4ccc(-c5nc(-c6ccccc6)nc(-c6ccccc6)n5)cn4)cc3)cc(-c3ccccc3-c3ccc(C(O)C(C)(C)C)cc3)c2)cc1. The van der Waals surface area contributed by atoms with Gasteiger partial charge in [-0.15, -0.1) is 0 Å². The van der Waals surface area contributed by atoms with Crippen LogP contribution in [0.25, 0.3) is 112 Å². The molecule has 380 valence electrons. The first-order valence-corrected chi connectivity index (χ1v) is 26.6. The lowest BCUT2D eigenvalue weighted by atomic mass is 9.83. The molecule has 1 N–H and O–H groups in total. The van der Waals surface area contributed by atoms with Crippen LogP contribution in [0, 0.1) is 10.8 Å². The third kappa shape index (κ3) is 10.8. The highest BCUT2D eigenvalue weighted by molar-refractivity contribution is 6.00. The molecule has 0 aliphatic heterocycles. The first-order chi connectivity index (χ1) is 37.7. The lowest BCUT2D eigenvalue weighted by Crippen LogP contribution is -2.19. The van der Waals surface area contributed by atoms with Crippen LogP contribution in [-0.2, 0) is 0 Å². The van der Waals surface area contributed by atoms with Crippen LogP contribution in [0.3, 0.4) is 0 Å². The molecule has 0 radical (unpaired) electrons. The number of rotatable bonds is 12. The lowest BCUT2D eigenvalue weighted by Gasteiger charge is -2.26. The van der Waals surface area contributed by atoms with Crippen LogP contribution < -0.4 is 0 Å². The highest BCUT2D eigenvalue weighted by Gasteiger charge is 2.25. The highest BCUT2D eigenvalue weighted by atomic mass is 16.3. The van der Waals surface area contributed by atoms with Crippen LogP contribution in [0.2, 0.25) is 0 Å². The molecule has 1 unspecified atom stereocenters. The molecule has 2 aromatic heterocycles. The number of Topliss-reactive ketones (excluding diaryl/α,β-unsaturated/α-hetero) is 1. The van der Waals surface area contributed by atoms with Crippen molar-refractivity contribution in [3.05, 3.63) is 254 Å². The van der Waals surface area contributed by atoms with Gasteiger partial charge in [0, 0.05) is 39.4 Å². The standard InChI is InChI=1S/C72H60N4O2/c1-71(2,3)66(77)51-37-31-48(32-38-51)60-24-14-17-27-63(60)57-43-56(44-58(45-57)64-28-18-15-25-61(64)49-33-39-52(40-34-49)67(78)72(4,5)6)62-26-16-13-23-59(62)47-29-35-50(36-30-47)65-42-41-55(46-73-65)70-75-68(53-19-9-7-10-20-53)74-69(76-70)54-21-11-8-12-22-54/h7-46,66,77H,1-6H3. The molecule has 11 rings (SSSR count). The summed E-state index contributed by atoms with van der Waals surface area (Å²) in [4.78, 5) is 32.9. The molecular weight excluding hydrogens is 953 g/mol. The fourth-order valence-corrected chi connectivity index (χ4v) is 10.1. The van der Waals surface area contributed by atoms with Gasteiger partial charge in [-0.3, -0.25) is 9.78 Å². The van der Waals surface area contributed by atoms with Gasteiger partial charge in [0.1, 0.15) is 0 Å². The molecule has 0 aliphatic carbocycles. The molecule has 2 heterocycles. The summed E-state index contributed by atoms with van der Waals surface area (Å²) >= 11 is 0. The molecule has 0 spiro atoms. The topological polar surface area (TPSA) is 88.9 Å². The number of benzene rings is 9. The van der Waals surface area contributed by atoms with E-state index in [1.165, 1.54) is 0 Å². The maximum Gasteiger partial charge on any atom is 0.168 e. The Bertz CT molecular complexity index is 3860. The van der Waals surface area contributed by atoms with E-state index in [0.717, 1.165) is 100 Å². The van der Waals surface area contributed by atoms with Crippen LogP contribution in [0.15, 0.2) is 243 Å². The van der Waals surface area contributed by atoms with Crippen molar-refractivity contribution in [2.75, 3.05) is 0 Å². The van der Waals surface area contributed by atoms with Crippen molar-refractivity contribution in [2.45, 2.75) is 47.6 Å². The number of aliphatic hydroxyl groups excluding tert-OH is 1. The number of hydrogen-bond donors (Lipinski definition) is 1. The van der Waals surface area contributed by atoms with Crippen molar-refractivity contribution < 1.29 is 9.90 Å². The maximum absolute atomic E-state index is 13.3. The zero-order valence-electron chi connectivity index (χ0n) is 44.8. The van der Waals surface area contributed by atoms with Gasteiger partial charge >= 0.3 is 0 Å². The molecule has 11 aromatic rings. The van der Waals surface area contributed by atoms with Gasteiger partial charge in [0.25, 0.3) is 0 Å². The molecule has 1 atom stereocenters. The Labute approximate surface area is 457 Å². The number of ketones is 1. The van der Waals surface area contributed by atoms with Crippen LogP contribution in [0.5, 0.6) is 0 Å². The van der Waals surface area contributed by atoms with Crippen molar-refractivity contribution in [3.63, 3.8) is 0 Å². The highest BCUT2D eigenvalue weighted by Crippen LogP contribution is 2.43. The quantitative estimate of drug-likeness (QED) is 0.123. The van der Waals surface area contributed by atoms with Crippen molar-refractivity contribution >= 4 is 5.78 Å². The number of hydrogen-bond acceptors (Lipinski definition) is 6. The Hall–Kier alpha value is -9.23. The van der Waals surface area contributed by atoms with E-state index in [1.807, 2.05) is 124 Å². The van der Waals surface area contributed by atoms with Gasteiger partial charge in [0.15, 0.2) is 23.3 Å². The summed E-state index contributed by atoms with van der Waals surface area (Å²) in [7, 11) is 0. The monoisotopic (exact) mass is 1010 g/mol. The predicted octanol–water partition coefficient (Wildman–Crippen LogP) is 18.2. The second kappa shape index (κ2) is 21.4. The number of carbonyl (C=O) groups excluding carboxylic acids is 1. The second-order valence-corrected chi connectivity index (χ2v) is 22.0. The zero-order valence-corrected chi connectivity index (χ0v) is 44.8. The Kier molecular flexibility index (Phi) is 14.0. The van der Waals surface area contributed by atoms with Crippen LogP contribution >= 0.6 is 0 Å². The van der Waals surface area contributed by atoms with Crippen LogP contribution in [-0.4, -0.2) is 30.8 Å². The number of nitrogens with zero attached hydrogens (tertiary/aromatic N) is 4. The Morgan fingerprint density at radius 1 is 0.359 bits per heavy atom. The molecule has 78 heavy (non-hydrogen) atoms. The summed E-state index contributed by atoms with van der Waals surface area (Å²) in [5.41, 5.74) is 18.2. The van der Waals surface area contributed by atoms with E-state index >= 15 is 0 Å². The zero-order chi connectivity index (χ0) is 54.0. The van der Waals surface area contributed by atoms with E-state index < -0.39 is 11.5 Å². The molecule has 6 nitrogen and oxygen atoms in total. The van der Waals surface area contributed by atoms with Crippen molar-refractivity contribution in [1.29, 1.82) is 0 Å².